The molecule has 0 bridgehead atoms. The third kappa shape index (κ3) is 2.50. The van der Waals surface area contributed by atoms with Crippen molar-refractivity contribution in [2.24, 2.45) is 0 Å². The lowest BCUT2D eigenvalue weighted by molar-refractivity contribution is 0.0531. The molecule has 1 aliphatic rings. The molecule has 3 aromatic rings. The molecule has 0 radical (unpaired) electrons. The lowest BCUT2D eigenvalue weighted by Crippen LogP contribution is -2.43. The zero-order valence-electron chi connectivity index (χ0n) is 14.1. The summed E-state index contributed by atoms with van der Waals surface area (Å²) in [4.78, 5) is 0. The van der Waals surface area contributed by atoms with E-state index in [-0.39, 0.29) is 17.4 Å². The number of para-hydroxylation sites is 1. The van der Waals surface area contributed by atoms with Crippen LogP contribution in [-0.4, -0.2) is 5.60 Å². The highest BCUT2D eigenvalue weighted by atomic mass is 16.5. The van der Waals surface area contributed by atoms with Crippen molar-refractivity contribution >= 4 is 0 Å². The van der Waals surface area contributed by atoms with Gasteiger partial charge in [0, 0.05) is 17.4 Å². The van der Waals surface area contributed by atoms with E-state index in [4.69, 9.17) is 4.74 Å². The second kappa shape index (κ2) is 5.83. The lowest BCUT2D eigenvalue weighted by Gasteiger charge is -2.45. The van der Waals surface area contributed by atoms with E-state index in [0.717, 1.165) is 5.75 Å². The molecule has 120 valence electrons. The van der Waals surface area contributed by atoms with Crippen molar-refractivity contribution < 1.29 is 4.74 Å². The third-order valence-electron chi connectivity index (χ3n) is 5.03. The Balaban J connectivity index is 1.95. The molecule has 1 aliphatic heterocycles. The van der Waals surface area contributed by atoms with Crippen molar-refractivity contribution in [3.63, 3.8) is 0 Å². The highest BCUT2D eigenvalue weighted by Crippen LogP contribution is 2.52. The molecule has 0 aliphatic carbocycles. The van der Waals surface area contributed by atoms with E-state index in [1.165, 1.54) is 16.7 Å². The van der Waals surface area contributed by atoms with Crippen LogP contribution >= 0.6 is 0 Å². The summed E-state index contributed by atoms with van der Waals surface area (Å²) < 4.78 is 6.44. The molecular formula is C23H22O. The molecule has 0 fully saturated rings. The van der Waals surface area contributed by atoms with Gasteiger partial charge < -0.3 is 4.74 Å². The SMILES string of the molecule is CC1(C)Oc2ccccc2[C@H](c2ccccc2)[C@@H]1c1ccccc1. The molecule has 0 amide bonds. The number of rotatable bonds is 2. The van der Waals surface area contributed by atoms with Crippen molar-refractivity contribution in [3.05, 3.63) is 102 Å². The minimum absolute atomic E-state index is 0.260. The molecule has 0 aromatic heterocycles. The summed E-state index contributed by atoms with van der Waals surface area (Å²) in [5.74, 6) is 1.55. The van der Waals surface area contributed by atoms with Gasteiger partial charge in [0.1, 0.15) is 11.4 Å². The highest BCUT2D eigenvalue weighted by molar-refractivity contribution is 5.49. The van der Waals surface area contributed by atoms with Gasteiger partial charge in [-0.05, 0) is 31.0 Å². The Bertz CT molecular complexity index is 821. The molecule has 1 heteroatoms. The van der Waals surface area contributed by atoms with E-state index < -0.39 is 0 Å². The number of ether oxygens (including phenoxy) is 1. The van der Waals surface area contributed by atoms with Gasteiger partial charge in [0.2, 0.25) is 0 Å². The molecule has 0 saturated carbocycles. The smallest absolute Gasteiger partial charge is 0.123 e. The van der Waals surface area contributed by atoms with Crippen LogP contribution in [0.4, 0.5) is 0 Å². The first-order valence-corrected chi connectivity index (χ1v) is 8.54. The molecule has 24 heavy (non-hydrogen) atoms. The van der Waals surface area contributed by atoms with E-state index in [0.29, 0.717) is 0 Å². The molecule has 3 aromatic carbocycles. The molecule has 0 spiro atoms. The van der Waals surface area contributed by atoms with Crippen LogP contribution in [0.2, 0.25) is 0 Å². The first-order chi connectivity index (χ1) is 11.7. The Labute approximate surface area is 143 Å². The summed E-state index contributed by atoms with van der Waals surface area (Å²) >= 11 is 0. The van der Waals surface area contributed by atoms with Gasteiger partial charge >= 0.3 is 0 Å². The average Bonchev–Trinajstić information content (AvgIpc) is 2.61. The largest absolute Gasteiger partial charge is 0.487 e. The van der Waals surface area contributed by atoms with Gasteiger partial charge in [-0.3, -0.25) is 0 Å². The molecule has 4 rings (SSSR count). The van der Waals surface area contributed by atoms with Crippen molar-refractivity contribution in [3.8, 4) is 5.75 Å². The van der Waals surface area contributed by atoms with Gasteiger partial charge in [0.25, 0.3) is 0 Å². The zero-order chi connectivity index (χ0) is 16.6. The Kier molecular flexibility index (Phi) is 3.65. The van der Waals surface area contributed by atoms with Gasteiger partial charge in [0.15, 0.2) is 0 Å². The predicted molar refractivity (Wildman–Crippen MR) is 98.6 cm³/mol. The summed E-state index contributed by atoms with van der Waals surface area (Å²) in [5.41, 5.74) is 3.66. The normalized spacial score (nSPS) is 21.6. The van der Waals surface area contributed by atoms with E-state index in [9.17, 15) is 0 Å². The zero-order valence-corrected chi connectivity index (χ0v) is 14.1. The van der Waals surface area contributed by atoms with Crippen molar-refractivity contribution in [2.45, 2.75) is 31.3 Å². The monoisotopic (exact) mass is 314 g/mol. The van der Waals surface area contributed by atoms with E-state index in [2.05, 4.69) is 98.8 Å². The first-order valence-electron chi connectivity index (χ1n) is 8.54. The molecule has 0 saturated heterocycles. The quantitative estimate of drug-likeness (QED) is 0.583. The van der Waals surface area contributed by atoms with E-state index in [1.54, 1.807) is 0 Å². The summed E-state index contributed by atoms with van der Waals surface area (Å²) in [7, 11) is 0. The summed E-state index contributed by atoms with van der Waals surface area (Å²) in [6.07, 6.45) is 0. The third-order valence-corrected chi connectivity index (χ3v) is 5.03. The predicted octanol–water partition coefficient (Wildman–Crippen LogP) is 5.77. The van der Waals surface area contributed by atoms with Crippen molar-refractivity contribution in [1.29, 1.82) is 0 Å². The molecule has 2 atom stereocenters. The molecule has 1 nitrogen and oxygen atoms in total. The molecule has 0 N–H and O–H groups in total. The van der Waals surface area contributed by atoms with Gasteiger partial charge in [-0.2, -0.15) is 0 Å². The number of hydrogen-bond donors (Lipinski definition) is 0. The van der Waals surface area contributed by atoms with Crippen LogP contribution in [0, 0.1) is 0 Å². The van der Waals surface area contributed by atoms with Crippen molar-refractivity contribution in [1.82, 2.24) is 0 Å². The Morgan fingerprint density at radius 3 is 1.88 bits per heavy atom. The summed E-state index contributed by atoms with van der Waals surface area (Å²) in [5, 5.41) is 0. The fourth-order valence-electron chi connectivity index (χ4n) is 4.04. The van der Waals surface area contributed by atoms with Crippen LogP contribution in [0.5, 0.6) is 5.75 Å². The average molecular weight is 314 g/mol. The lowest BCUT2D eigenvalue weighted by atomic mass is 9.68. The maximum Gasteiger partial charge on any atom is 0.123 e. The van der Waals surface area contributed by atoms with Crippen LogP contribution in [0.3, 0.4) is 0 Å². The minimum atomic E-state index is -0.282. The maximum absolute atomic E-state index is 6.44. The van der Waals surface area contributed by atoms with Gasteiger partial charge in [-0.15, -0.1) is 0 Å². The van der Waals surface area contributed by atoms with Crippen LogP contribution in [0.25, 0.3) is 0 Å². The van der Waals surface area contributed by atoms with Crippen LogP contribution in [0.1, 0.15) is 42.4 Å². The van der Waals surface area contributed by atoms with Gasteiger partial charge in [-0.1, -0.05) is 78.9 Å². The topological polar surface area (TPSA) is 9.23 Å². The summed E-state index contributed by atoms with van der Waals surface area (Å²) in [6, 6.07) is 30.0. The van der Waals surface area contributed by atoms with E-state index >= 15 is 0 Å². The Hall–Kier alpha value is -2.54. The summed E-state index contributed by atoms with van der Waals surface area (Å²) in [6.45, 7) is 4.41. The van der Waals surface area contributed by atoms with E-state index in [1.807, 2.05) is 0 Å². The maximum atomic E-state index is 6.44. The molecule has 1 heterocycles. The fraction of sp³-hybridized carbons (Fsp3) is 0.217. The number of fused-ring (bicyclic) bond motifs is 1. The number of hydrogen-bond acceptors (Lipinski definition) is 1. The number of benzene rings is 3. The Morgan fingerprint density at radius 1 is 0.667 bits per heavy atom. The van der Waals surface area contributed by atoms with Crippen LogP contribution in [-0.2, 0) is 0 Å². The van der Waals surface area contributed by atoms with Crippen molar-refractivity contribution in [2.75, 3.05) is 0 Å². The highest BCUT2D eigenvalue weighted by Gasteiger charge is 2.44. The second-order valence-electron chi connectivity index (χ2n) is 7.02. The van der Waals surface area contributed by atoms with Crippen LogP contribution in [0.15, 0.2) is 84.9 Å². The first kappa shape index (κ1) is 15.0. The standard InChI is InChI=1S/C23H22O/c1-23(2)22(18-13-7-4-8-14-18)21(17-11-5-3-6-12-17)19-15-9-10-16-20(19)24-23/h3-16,21-22H,1-2H3/t21-,22-/m0/s1. The second-order valence-corrected chi connectivity index (χ2v) is 7.02. The van der Waals surface area contributed by atoms with Crippen LogP contribution < -0.4 is 4.74 Å². The van der Waals surface area contributed by atoms with Gasteiger partial charge in [0.05, 0.1) is 0 Å². The fourth-order valence-corrected chi connectivity index (χ4v) is 4.04. The molecule has 0 unspecified atom stereocenters. The Morgan fingerprint density at radius 2 is 1.21 bits per heavy atom. The minimum Gasteiger partial charge on any atom is -0.487 e. The van der Waals surface area contributed by atoms with Gasteiger partial charge in [-0.25, -0.2) is 0 Å². The molecular weight excluding hydrogens is 292 g/mol.